The molecule has 19 heavy (non-hydrogen) atoms. The molecule has 0 spiro atoms. The summed E-state index contributed by atoms with van der Waals surface area (Å²) >= 11 is 1.63. The molecule has 2 rings (SSSR count). The maximum absolute atomic E-state index is 10.8. The van der Waals surface area contributed by atoms with Crippen LogP contribution in [0.15, 0.2) is 23.6 Å². The lowest BCUT2D eigenvalue weighted by Crippen LogP contribution is -2.00. The third-order valence-corrected chi connectivity index (χ3v) is 3.74. The number of hydrogen-bond acceptors (Lipinski definition) is 4. The first-order chi connectivity index (χ1) is 9.10. The molecule has 0 saturated heterocycles. The van der Waals surface area contributed by atoms with Gasteiger partial charge in [-0.2, -0.15) is 0 Å². The van der Waals surface area contributed by atoms with Crippen molar-refractivity contribution in [2.45, 2.75) is 26.9 Å². The van der Waals surface area contributed by atoms with Crippen molar-refractivity contribution < 1.29 is 14.6 Å². The molecule has 5 heteroatoms. The Balaban J connectivity index is 2.05. The highest BCUT2D eigenvalue weighted by molar-refractivity contribution is 7.09. The molecule has 0 unspecified atom stereocenters. The van der Waals surface area contributed by atoms with Crippen molar-refractivity contribution in [1.82, 2.24) is 4.98 Å². The molecule has 0 aliphatic rings. The maximum atomic E-state index is 10.8. The summed E-state index contributed by atoms with van der Waals surface area (Å²) in [5, 5.41) is 12.0. The van der Waals surface area contributed by atoms with Crippen LogP contribution in [0, 0.1) is 6.92 Å². The van der Waals surface area contributed by atoms with Gasteiger partial charge in [-0.25, -0.2) is 9.78 Å². The molecule has 1 aromatic carbocycles. The van der Waals surface area contributed by atoms with Crippen molar-refractivity contribution >= 4 is 17.3 Å². The van der Waals surface area contributed by atoms with Crippen LogP contribution in [0.25, 0.3) is 0 Å². The Morgan fingerprint density at radius 3 is 2.84 bits per heavy atom. The Morgan fingerprint density at radius 2 is 2.26 bits per heavy atom. The van der Waals surface area contributed by atoms with Gasteiger partial charge < -0.3 is 9.84 Å². The second-order valence-corrected chi connectivity index (χ2v) is 5.10. The zero-order valence-corrected chi connectivity index (χ0v) is 11.7. The average molecular weight is 277 g/mol. The van der Waals surface area contributed by atoms with E-state index in [0.717, 1.165) is 22.7 Å². The van der Waals surface area contributed by atoms with Gasteiger partial charge in [-0.15, -0.1) is 11.3 Å². The van der Waals surface area contributed by atoms with Gasteiger partial charge in [0.2, 0.25) is 0 Å². The van der Waals surface area contributed by atoms with Gasteiger partial charge in [-0.3, -0.25) is 0 Å². The molecule has 0 saturated carbocycles. The van der Waals surface area contributed by atoms with Crippen molar-refractivity contribution in [1.29, 1.82) is 0 Å². The minimum atomic E-state index is -0.929. The molecular weight excluding hydrogens is 262 g/mol. The Morgan fingerprint density at radius 1 is 1.47 bits per heavy atom. The second-order valence-electron chi connectivity index (χ2n) is 4.16. The number of nitrogens with zero attached hydrogens (tertiary/aromatic N) is 1. The van der Waals surface area contributed by atoms with Gasteiger partial charge >= 0.3 is 5.97 Å². The molecule has 1 heterocycles. The summed E-state index contributed by atoms with van der Waals surface area (Å²) < 4.78 is 5.67. The Kier molecular flexibility index (Phi) is 4.16. The number of aromatic carboxylic acids is 1. The Labute approximate surface area is 115 Å². The van der Waals surface area contributed by atoms with Gasteiger partial charge in [-0.05, 0) is 37.1 Å². The third kappa shape index (κ3) is 3.32. The number of carboxylic acids is 1. The second kappa shape index (κ2) is 5.84. The van der Waals surface area contributed by atoms with E-state index in [4.69, 9.17) is 9.84 Å². The Bertz CT molecular complexity index is 592. The third-order valence-electron chi connectivity index (χ3n) is 2.70. The molecule has 0 bridgehead atoms. The number of aryl methyl sites for hydroxylation is 2. The lowest BCUT2D eigenvalue weighted by Gasteiger charge is -2.08. The number of carboxylic acid groups (broad SMARTS) is 1. The highest BCUT2D eigenvalue weighted by Crippen LogP contribution is 2.21. The molecule has 2 aromatic rings. The molecule has 4 nitrogen and oxygen atoms in total. The molecule has 0 fully saturated rings. The van der Waals surface area contributed by atoms with Crippen molar-refractivity contribution in [3.63, 3.8) is 0 Å². The first-order valence-corrected chi connectivity index (χ1v) is 6.88. The van der Waals surface area contributed by atoms with Crippen LogP contribution in [0.4, 0.5) is 0 Å². The van der Waals surface area contributed by atoms with Gasteiger partial charge in [0.25, 0.3) is 0 Å². The van der Waals surface area contributed by atoms with E-state index in [9.17, 15) is 4.79 Å². The summed E-state index contributed by atoms with van der Waals surface area (Å²) in [6, 6.07) is 4.84. The smallest absolute Gasteiger partial charge is 0.335 e. The summed E-state index contributed by atoms with van der Waals surface area (Å²) in [6.07, 6.45) is 0.928. The van der Waals surface area contributed by atoms with Crippen LogP contribution in [0.1, 0.15) is 33.5 Å². The summed E-state index contributed by atoms with van der Waals surface area (Å²) in [5.41, 5.74) is 1.99. The standard InChI is InChI=1S/C14H15NO3S/c1-3-13-15-11(8-19-13)7-18-12-5-4-10(14(16)17)6-9(12)2/h4-6,8H,3,7H2,1-2H3,(H,16,17). The molecule has 1 N–H and O–H groups in total. The maximum Gasteiger partial charge on any atom is 0.335 e. The lowest BCUT2D eigenvalue weighted by atomic mass is 10.1. The number of carbonyl (C=O) groups is 1. The fourth-order valence-corrected chi connectivity index (χ4v) is 2.40. The highest BCUT2D eigenvalue weighted by atomic mass is 32.1. The topological polar surface area (TPSA) is 59.4 Å². The quantitative estimate of drug-likeness (QED) is 0.911. The van der Waals surface area contributed by atoms with E-state index in [1.807, 2.05) is 12.3 Å². The molecule has 100 valence electrons. The predicted molar refractivity (Wildman–Crippen MR) is 74.0 cm³/mol. The minimum Gasteiger partial charge on any atom is -0.487 e. The van der Waals surface area contributed by atoms with Crippen LogP contribution in [-0.2, 0) is 13.0 Å². The number of rotatable bonds is 5. The highest BCUT2D eigenvalue weighted by Gasteiger charge is 2.07. The summed E-state index contributed by atoms with van der Waals surface area (Å²) in [6.45, 7) is 4.31. The van der Waals surface area contributed by atoms with Gasteiger partial charge in [0.15, 0.2) is 0 Å². The summed E-state index contributed by atoms with van der Waals surface area (Å²) in [7, 11) is 0. The van der Waals surface area contributed by atoms with Crippen molar-refractivity contribution in [2.75, 3.05) is 0 Å². The van der Waals surface area contributed by atoms with Crippen molar-refractivity contribution in [3.05, 3.63) is 45.4 Å². The number of ether oxygens (including phenoxy) is 1. The predicted octanol–water partition coefficient (Wildman–Crippen LogP) is 3.29. The van der Waals surface area contributed by atoms with E-state index in [0.29, 0.717) is 12.4 Å². The molecule has 0 atom stereocenters. The normalized spacial score (nSPS) is 10.4. The average Bonchev–Trinajstić information content (AvgIpc) is 2.85. The van der Waals surface area contributed by atoms with E-state index < -0.39 is 5.97 Å². The van der Waals surface area contributed by atoms with Gasteiger partial charge in [0.05, 0.1) is 16.3 Å². The van der Waals surface area contributed by atoms with Crippen molar-refractivity contribution in [2.24, 2.45) is 0 Å². The molecule has 0 aliphatic carbocycles. The van der Waals surface area contributed by atoms with Gasteiger partial charge in [0, 0.05) is 5.38 Å². The number of aromatic nitrogens is 1. The van der Waals surface area contributed by atoms with Crippen LogP contribution in [-0.4, -0.2) is 16.1 Å². The van der Waals surface area contributed by atoms with Crippen molar-refractivity contribution in [3.8, 4) is 5.75 Å². The summed E-state index contributed by atoms with van der Waals surface area (Å²) in [4.78, 5) is 15.2. The fourth-order valence-electron chi connectivity index (χ4n) is 1.67. The first kappa shape index (κ1) is 13.5. The Hall–Kier alpha value is -1.88. The van der Waals surface area contributed by atoms with Crippen LogP contribution in [0.5, 0.6) is 5.75 Å². The molecule has 0 radical (unpaired) electrons. The number of thiazole rings is 1. The monoisotopic (exact) mass is 277 g/mol. The largest absolute Gasteiger partial charge is 0.487 e. The van der Waals surface area contributed by atoms with E-state index in [-0.39, 0.29) is 5.56 Å². The van der Waals surface area contributed by atoms with E-state index in [2.05, 4.69) is 11.9 Å². The fraction of sp³-hybridized carbons (Fsp3) is 0.286. The van der Waals surface area contributed by atoms with E-state index in [1.54, 1.807) is 29.5 Å². The number of hydrogen-bond donors (Lipinski definition) is 1. The summed E-state index contributed by atoms with van der Waals surface area (Å²) in [5.74, 6) is -0.238. The van der Waals surface area contributed by atoms with Crippen LogP contribution < -0.4 is 4.74 Å². The zero-order valence-electron chi connectivity index (χ0n) is 10.8. The molecule has 0 aliphatic heterocycles. The van der Waals surface area contributed by atoms with E-state index in [1.165, 1.54) is 0 Å². The lowest BCUT2D eigenvalue weighted by molar-refractivity contribution is 0.0696. The zero-order chi connectivity index (χ0) is 13.8. The minimum absolute atomic E-state index is 0.270. The van der Waals surface area contributed by atoms with Crippen LogP contribution in [0.3, 0.4) is 0 Å². The first-order valence-electron chi connectivity index (χ1n) is 6.00. The molecule has 0 amide bonds. The van der Waals surface area contributed by atoms with Gasteiger partial charge in [-0.1, -0.05) is 6.92 Å². The molecule has 1 aromatic heterocycles. The molecular formula is C14H15NO3S. The number of benzene rings is 1. The SMILES string of the molecule is CCc1nc(COc2ccc(C(=O)O)cc2C)cs1. The van der Waals surface area contributed by atoms with Gasteiger partial charge in [0.1, 0.15) is 12.4 Å². The van der Waals surface area contributed by atoms with E-state index >= 15 is 0 Å². The van der Waals surface area contributed by atoms with Crippen LogP contribution >= 0.6 is 11.3 Å². The van der Waals surface area contributed by atoms with Crippen LogP contribution in [0.2, 0.25) is 0 Å².